The van der Waals surface area contributed by atoms with Gasteiger partial charge in [-0.15, -0.1) is 0 Å². The molecular formula is C20H22N4O. The summed E-state index contributed by atoms with van der Waals surface area (Å²) in [7, 11) is 2.10. The van der Waals surface area contributed by atoms with Crippen molar-refractivity contribution in [3.8, 4) is 5.69 Å². The molecule has 5 nitrogen and oxygen atoms in total. The van der Waals surface area contributed by atoms with Gasteiger partial charge in [0.2, 0.25) is 0 Å². The maximum Gasteiger partial charge on any atom is 0.251 e. The van der Waals surface area contributed by atoms with Crippen LogP contribution in [0.2, 0.25) is 0 Å². The molecule has 0 bridgehead atoms. The number of aromatic nitrogens is 2. The Morgan fingerprint density at radius 3 is 2.76 bits per heavy atom. The maximum atomic E-state index is 12.5. The summed E-state index contributed by atoms with van der Waals surface area (Å²) in [6, 6.07) is 16.0. The summed E-state index contributed by atoms with van der Waals surface area (Å²) in [6.07, 6.45) is 4.00. The molecule has 0 radical (unpaired) electrons. The molecule has 2 aromatic carbocycles. The molecule has 128 valence electrons. The topological polar surface area (TPSA) is 50.2 Å². The molecule has 4 rings (SSSR count). The summed E-state index contributed by atoms with van der Waals surface area (Å²) in [4.78, 5) is 19.2. The fourth-order valence-electron chi connectivity index (χ4n) is 3.49. The number of benzene rings is 2. The Morgan fingerprint density at radius 1 is 1.16 bits per heavy atom. The second kappa shape index (κ2) is 6.69. The van der Waals surface area contributed by atoms with Gasteiger partial charge in [-0.2, -0.15) is 0 Å². The molecule has 0 saturated carbocycles. The summed E-state index contributed by atoms with van der Waals surface area (Å²) < 4.78 is 2.03. The number of nitrogens with zero attached hydrogens (tertiary/aromatic N) is 3. The summed E-state index contributed by atoms with van der Waals surface area (Å²) in [5, 5.41) is 3.15. The minimum atomic E-state index is 0.00217. The normalized spacial score (nSPS) is 18.4. The zero-order valence-electron chi connectivity index (χ0n) is 14.4. The van der Waals surface area contributed by atoms with Gasteiger partial charge in [-0.05, 0) is 62.8 Å². The standard InChI is InChI=1S/C20H22N4O/c1-23-12-4-5-16(13-23)22-20(25)15-8-10-17(11-9-15)24-14-21-18-6-2-3-7-19(18)24/h2-3,6-11,14,16H,4-5,12-13H2,1H3,(H,22,25)/t16-/m1/s1. The van der Waals surface area contributed by atoms with Crippen molar-refractivity contribution >= 4 is 16.9 Å². The Labute approximate surface area is 147 Å². The number of fused-ring (bicyclic) bond motifs is 1. The number of rotatable bonds is 3. The lowest BCUT2D eigenvalue weighted by Gasteiger charge is -2.30. The van der Waals surface area contributed by atoms with Gasteiger partial charge in [-0.1, -0.05) is 12.1 Å². The van der Waals surface area contributed by atoms with Crippen LogP contribution in [-0.4, -0.2) is 46.5 Å². The maximum absolute atomic E-state index is 12.5. The van der Waals surface area contributed by atoms with Crippen LogP contribution in [-0.2, 0) is 0 Å². The second-order valence-corrected chi connectivity index (χ2v) is 6.73. The minimum Gasteiger partial charge on any atom is -0.348 e. The van der Waals surface area contributed by atoms with E-state index in [9.17, 15) is 4.79 Å². The molecule has 1 aliphatic rings. The highest BCUT2D eigenvalue weighted by Gasteiger charge is 2.19. The van der Waals surface area contributed by atoms with Gasteiger partial charge in [0, 0.05) is 23.8 Å². The van der Waals surface area contributed by atoms with Gasteiger partial charge >= 0.3 is 0 Å². The van der Waals surface area contributed by atoms with Gasteiger partial charge in [0.25, 0.3) is 5.91 Å². The molecule has 3 aromatic rings. The predicted octanol–water partition coefficient (Wildman–Crippen LogP) is 2.85. The Hall–Kier alpha value is -2.66. The molecule has 1 amide bonds. The Kier molecular flexibility index (Phi) is 4.24. The van der Waals surface area contributed by atoms with Crippen LogP contribution in [0.5, 0.6) is 0 Å². The first-order valence-electron chi connectivity index (χ1n) is 8.72. The van der Waals surface area contributed by atoms with Crippen LogP contribution in [0.15, 0.2) is 54.9 Å². The number of likely N-dealkylation sites (N-methyl/N-ethyl adjacent to an activating group) is 1. The monoisotopic (exact) mass is 334 g/mol. The van der Waals surface area contributed by atoms with Gasteiger partial charge in [0.1, 0.15) is 6.33 Å². The van der Waals surface area contributed by atoms with E-state index >= 15 is 0 Å². The third kappa shape index (κ3) is 3.28. The van der Waals surface area contributed by atoms with Crippen molar-refractivity contribution in [1.29, 1.82) is 0 Å². The SMILES string of the molecule is CN1CCC[C@@H](NC(=O)c2ccc(-n3cnc4ccccc43)cc2)C1. The number of likely N-dealkylation sites (tertiary alicyclic amines) is 1. The highest BCUT2D eigenvalue weighted by molar-refractivity contribution is 5.94. The Balaban J connectivity index is 1.51. The average molecular weight is 334 g/mol. The van der Waals surface area contributed by atoms with Gasteiger partial charge in [0.05, 0.1) is 11.0 Å². The molecule has 1 aliphatic heterocycles. The molecule has 1 N–H and O–H groups in total. The van der Waals surface area contributed by atoms with E-state index in [1.165, 1.54) is 0 Å². The third-order valence-electron chi connectivity index (χ3n) is 4.82. The Morgan fingerprint density at radius 2 is 1.96 bits per heavy atom. The van der Waals surface area contributed by atoms with Gasteiger partial charge in [0.15, 0.2) is 0 Å². The smallest absolute Gasteiger partial charge is 0.251 e. The quantitative estimate of drug-likeness (QED) is 0.801. The largest absolute Gasteiger partial charge is 0.348 e. The average Bonchev–Trinajstić information content (AvgIpc) is 3.06. The molecule has 25 heavy (non-hydrogen) atoms. The molecule has 1 aromatic heterocycles. The third-order valence-corrected chi connectivity index (χ3v) is 4.82. The van der Waals surface area contributed by atoms with Crippen molar-refractivity contribution in [3.05, 3.63) is 60.4 Å². The number of hydrogen-bond donors (Lipinski definition) is 1. The molecule has 1 saturated heterocycles. The number of amides is 1. The molecule has 1 atom stereocenters. The Bertz CT molecular complexity index is 884. The van der Waals surface area contributed by atoms with E-state index in [0.717, 1.165) is 42.7 Å². The first kappa shape index (κ1) is 15.8. The van der Waals surface area contributed by atoms with Gasteiger partial charge < -0.3 is 10.2 Å². The highest BCUT2D eigenvalue weighted by atomic mass is 16.1. The molecule has 0 spiro atoms. The molecule has 0 unspecified atom stereocenters. The van der Waals surface area contributed by atoms with Crippen molar-refractivity contribution in [2.75, 3.05) is 20.1 Å². The van der Waals surface area contributed by atoms with Crippen LogP contribution in [0, 0.1) is 0 Å². The zero-order chi connectivity index (χ0) is 17.2. The predicted molar refractivity (Wildman–Crippen MR) is 99.1 cm³/mol. The first-order valence-corrected chi connectivity index (χ1v) is 8.72. The minimum absolute atomic E-state index is 0.00217. The van der Waals surface area contributed by atoms with E-state index < -0.39 is 0 Å². The van der Waals surface area contributed by atoms with E-state index in [0.29, 0.717) is 5.56 Å². The summed E-state index contributed by atoms with van der Waals surface area (Å²) >= 11 is 0. The van der Waals surface area contributed by atoms with Crippen molar-refractivity contribution in [3.63, 3.8) is 0 Å². The highest BCUT2D eigenvalue weighted by Crippen LogP contribution is 2.18. The second-order valence-electron chi connectivity index (χ2n) is 6.73. The van der Waals surface area contributed by atoms with Crippen LogP contribution in [0.25, 0.3) is 16.7 Å². The molecule has 1 fully saturated rings. The van der Waals surface area contributed by atoms with Gasteiger partial charge in [-0.25, -0.2) is 4.98 Å². The van der Waals surface area contributed by atoms with E-state index in [2.05, 4.69) is 22.2 Å². The van der Waals surface area contributed by atoms with Crippen LogP contribution >= 0.6 is 0 Å². The van der Waals surface area contributed by atoms with E-state index in [1.54, 1.807) is 0 Å². The number of para-hydroxylation sites is 2. The van der Waals surface area contributed by atoms with Crippen molar-refractivity contribution in [2.24, 2.45) is 0 Å². The molecular weight excluding hydrogens is 312 g/mol. The van der Waals surface area contributed by atoms with Crippen LogP contribution in [0.3, 0.4) is 0 Å². The summed E-state index contributed by atoms with van der Waals surface area (Å²) in [5.74, 6) is 0.00217. The molecule has 2 heterocycles. The van der Waals surface area contributed by atoms with Crippen LogP contribution in [0.4, 0.5) is 0 Å². The lowest BCUT2D eigenvalue weighted by molar-refractivity contribution is 0.0912. The van der Waals surface area contributed by atoms with Gasteiger partial charge in [-0.3, -0.25) is 9.36 Å². The lowest BCUT2D eigenvalue weighted by Crippen LogP contribution is -2.46. The van der Waals surface area contributed by atoms with E-state index in [-0.39, 0.29) is 11.9 Å². The number of imidazole rings is 1. The van der Waals surface area contributed by atoms with Crippen LogP contribution < -0.4 is 5.32 Å². The summed E-state index contributed by atoms with van der Waals surface area (Å²) in [6.45, 7) is 2.03. The fraction of sp³-hybridized carbons (Fsp3) is 0.300. The zero-order valence-corrected chi connectivity index (χ0v) is 14.4. The number of nitrogens with one attached hydrogen (secondary N) is 1. The number of hydrogen-bond acceptors (Lipinski definition) is 3. The number of carbonyl (C=O) groups is 1. The van der Waals surface area contributed by atoms with Crippen molar-refractivity contribution in [2.45, 2.75) is 18.9 Å². The first-order chi connectivity index (χ1) is 12.2. The molecule has 0 aliphatic carbocycles. The fourth-order valence-corrected chi connectivity index (χ4v) is 3.49. The number of carbonyl (C=O) groups excluding carboxylic acids is 1. The lowest BCUT2D eigenvalue weighted by atomic mass is 10.1. The van der Waals surface area contributed by atoms with E-state index in [4.69, 9.17) is 0 Å². The van der Waals surface area contributed by atoms with Crippen molar-refractivity contribution in [1.82, 2.24) is 19.8 Å². The number of piperidine rings is 1. The van der Waals surface area contributed by atoms with Crippen LogP contribution in [0.1, 0.15) is 23.2 Å². The van der Waals surface area contributed by atoms with Crippen molar-refractivity contribution < 1.29 is 4.79 Å². The molecule has 5 heteroatoms. The summed E-state index contributed by atoms with van der Waals surface area (Å²) in [5.41, 5.74) is 3.72. The van der Waals surface area contributed by atoms with E-state index in [1.807, 2.05) is 59.4 Å².